The van der Waals surface area contributed by atoms with Crippen molar-refractivity contribution >= 4 is 11.8 Å². The Morgan fingerprint density at radius 1 is 1.03 bits per heavy atom. The molecule has 0 spiro atoms. The van der Waals surface area contributed by atoms with Crippen LogP contribution in [0.3, 0.4) is 0 Å². The monoisotopic (exact) mass is 473 g/mol. The highest BCUT2D eigenvalue weighted by molar-refractivity contribution is 5.97. The van der Waals surface area contributed by atoms with Crippen LogP contribution in [0.15, 0.2) is 18.2 Å². The highest BCUT2D eigenvalue weighted by Gasteiger charge is 2.36. The van der Waals surface area contributed by atoms with Crippen LogP contribution in [0.1, 0.15) is 42.1 Å². The van der Waals surface area contributed by atoms with Crippen molar-refractivity contribution in [1.82, 2.24) is 9.80 Å². The minimum Gasteiger partial charge on any atom is -0.491 e. The van der Waals surface area contributed by atoms with Crippen molar-refractivity contribution < 1.29 is 28.5 Å². The first-order valence-corrected chi connectivity index (χ1v) is 11.7. The first-order chi connectivity index (χ1) is 16.3. The third-order valence-electron chi connectivity index (χ3n) is 6.79. The Labute approximate surface area is 201 Å². The van der Waals surface area contributed by atoms with Gasteiger partial charge < -0.3 is 28.7 Å². The Morgan fingerprint density at radius 3 is 2.44 bits per heavy atom. The predicted molar refractivity (Wildman–Crippen MR) is 125 cm³/mol. The van der Waals surface area contributed by atoms with E-state index in [1.807, 2.05) is 0 Å². The van der Waals surface area contributed by atoms with Crippen LogP contribution >= 0.6 is 0 Å². The molecule has 1 aromatic rings. The summed E-state index contributed by atoms with van der Waals surface area (Å²) < 4.78 is 23.6. The summed E-state index contributed by atoms with van der Waals surface area (Å²) in [5.41, 5.74) is 0.609. The van der Waals surface area contributed by atoms with Gasteiger partial charge in [-0.15, -0.1) is 0 Å². The molecule has 0 aromatic heterocycles. The van der Waals surface area contributed by atoms with Crippen molar-refractivity contribution in [3.8, 4) is 11.8 Å². The number of methoxy groups -OCH3 is 2. The lowest BCUT2D eigenvalue weighted by molar-refractivity contribution is -0.154. The number of rotatable bonds is 2. The molecule has 1 saturated heterocycles. The maximum atomic E-state index is 13.3. The van der Waals surface area contributed by atoms with Crippen LogP contribution in [0.2, 0.25) is 0 Å². The number of nitriles is 1. The molecule has 0 saturated carbocycles. The zero-order valence-corrected chi connectivity index (χ0v) is 20.7. The number of carbonyl (C=O) groups is 2. The number of benzene rings is 1. The molecule has 0 unspecified atom stereocenters. The van der Waals surface area contributed by atoms with E-state index in [0.717, 1.165) is 12.8 Å². The molecular formula is C25H35N3O6. The van der Waals surface area contributed by atoms with E-state index < -0.39 is 12.0 Å². The summed E-state index contributed by atoms with van der Waals surface area (Å²) in [6.07, 6.45) is 1.25. The van der Waals surface area contributed by atoms with Gasteiger partial charge in [0.2, 0.25) is 5.91 Å². The van der Waals surface area contributed by atoms with Gasteiger partial charge in [0.25, 0.3) is 5.91 Å². The number of likely N-dealkylation sites (N-methyl/N-ethyl adjacent to an activating group) is 2. The Bertz CT molecular complexity index is 916. The fourth-order valence-electron chi connectivity index (χ4n) is 4.68. The molecule has 9 heteroatoms. The maximum Gasteiger partial charge on any atom is 0.257 e. The molecule has 9 nitrogen and oxygen atoms in total. The molecule has 0 radical (unpaired) electrons. The number of fused-ring (bicyclic) bond motifs is 3. The minimum absolute atomic E-state index is 0.0759. The van der Waals surface area contributed by atoms with Crippen LogP contribution in [0.4, 0.5) is 0 Å². The Morgan fingerprint density at radius 2 is 1.76 bits per heavy atom. The summed E-state index contributed by atoms with van der Waals surface area (Å²) in [5, 5.41) is 9.60. The quantitative estimate of drug-likeness (QED) is 0.648. The topological polar surface area (TPSA) is 101 Å². The van der Waals surface area contributed by atoms with Gasteiger partial charge in [-0.1, -0.05) is 13.0 Å². The first-order valence-electron chi connectivity index (χ1n) is 11.7. The molecular weight excluding hydrogens is 438 g/mol. The van der Waals surface area contributed by atoms with Gasteiger partial charge in [0.15, 0.2) is 0 Å². The third-order valence-corrected chi connectivity index (χ3v) is 6.79. The number of amides is 2. The minimum atomic E-state index is -0.515. The number of nitrogens with zero attached hydrogens (tertiary/aromatic N) is 3. The second-order valence-electron chi connectivity index (χ2n) is 9.05. The smallest absolute Gasteiger partial charge is 0.257 e. The van der Waals surface area contributed by atoms with E-state index in [-0.39, 0.29) is 42.4 Å². The molecule has 0 N–H and O–H groups in total. The van der Waals surface area contributed by atoms with Gasteiger partial charge in [0, 0.05) is 47.8 Å². The zero-order chi connectivity index (χ0) is 24.8. The highest BCUT2D eigenvalue weighted by Crippen LogP contribution is 2.28. The molecule has 2 amide bonds. The van der Waals surface area contributed by atoms with Crippen LogP contribution in [-0.2, 0) is 19.0 Å². The van der Waals surface area contributed by atoms with Gasteiger partial charge in [0.05, 0.1) is 42.0 Å². The number of para-hydroxylation sites is 1. The van der Waals surface area contributed by atoms with E-state index in [1.54, 1.807) is 51.2 Å². The molecule has 2 aliphatic rings. The van der Waals surface area contributed by atoms with E-state index in [0.29, 0.717) is 30.7 Å². The van der Waals surface area contributed by atoms with Crippen molar-refractivity contribution in [1.29, 1.82) is 5.26 Å². The molecule has 1 fully saturated rings. The van der Waals surface area contributed by atoms with E-state index in [9.17, 15) is 14.9 Å². The van der Waals surface area contributed by atoms with Crippen LogP contribution in [0.25, 0.3) is 0 Å². The van der Waals surface area contributed by atoms with Gasteiger partial charge in [-0.05, 0) is 25.0 Å². The van der Waals surface area contributed by atoms with Gasteiger partial charge in [-0.3, -0.25) is 9.59 Å². The fourth-order valence-corrected chi connectivity index (χ4v) is 4.68. The molecule has 5 atom stereocenters. The summed E-state index contributed by atoms with van der Waals surface area (Å²) in [6, 6.07) is 7.07. The van der Waals surface area contributed by atoms with E-state index >= 15 is 0 Å². The lowest BCUT2D eigenvalue weighted by atomic mass is 9.97. The van der Waals surface area contributed by atoms with Crippen molar-refractivity contribution in [2.24, 2.45) is 5.92 Å². The number of hydrogen-bond donors (Lipinski definition) is 0. The van der Waals surface area contributed by atoms with E-state index in [1.165, 1.54) is 12.0 Å². The van der Waals surface area contributed by atoms with Crippen LogP contribution < -0.4 is 4.74 Å². The lowest BCUT2D eigenvalue weighted by Gasteiger charge is -2.38. The van der Waals surface area contributed by atoms with E-state index in [4.69, 9.17) is 18.9 Å². The van der Waals surface area contributed by atoms with E-state index in [2.05, 4.69) is 6.07 Å². The summed E-state index contributed by atoms with van der Waals surface area (Å²) in [7, 11) is 6.61. The molecule has 2 heterocycles. The van der Waals surface area contributed by atoms with Gasteiger partial charge in [-0.2, -0.15) is 5.26 Å². The normalized spacial score (nSPS) is 29.2. The summed E-state index contributed by atoms with van der Waals surface area (Å²) in [4.78, 5) is 29.7. The van der Waals surface area contributed by atoms with Crippen molar-refractivity contribution in [3.05, 3.63) is 29.3 Å². The fraction of sp³-hybridized carbons (Fsp3) is 0.640. The third kappa shape index (κ3) is 5.69. The van der Waals surface area contributed by atoms with Crippen molar-refractivity contribution in [2.75, 3.05) is 48.0 Å². The second-order valence-corrected chi connectivity index (χ2v) is 9.05. The van der Waals surface area contributed by atoms with Gasteiger partial charge in [0.1, 0.15) is 17.9 Å². The molecule has 3 rings (SSSR count). The first kappa shape index (κ1) is 25.9. The maximum absolute atomic E-state index is 13.3. The highest BCUT2D eigenvalue weighted by atomic mass is 16.5. The molecule has 0 aliphatic carbocycles. The van der Waals surface area contributed by atoms with Crippen LogP contribution in [-0.4, -0.2) is 94.0 Å². The van der Waals surface area contributed by atoms with Crippen LogP contribution in [0, 0.1) is 17.2 Å². The second kappa shape index (κ2) is 11.6. The SMILES string of the molecule is CO[C@H]1CC[C@@H]2CCOc3c(C#N)cccc3C(=O)N(C)C[C@H](OC)[C@@H](C)C(=O)N(C)C[C@H]1O2. The lowest BCUT2D eigenvalue weighted by Crippen LogP contribution is -2.50. The molecule has 186 valence electrons. The Balaban J connectivity index is 1.95. The van der Waals surface area contributed by atoms with Crippen molar-refractivity contribution in [2.45, 2.75) is 50.6 Å². The van der Waals surface area contributed by atoms with Gasteiger partial charge >= 0.3 is 0 Å². The molecule has 2 bridgehead atoms. The molecule has 1 aromatic carbocycles. The van der Waals surface area contributed by atoms with Crippen molar-refractivity contribution in [3.63, 3.8) is 0 Å². The molecule has 34 heavy (non-hydrogen) atoms. The Kier molecular flexibility index (Phi) is 8.89. The number of hydrogen-bond acceptors (Lipinski definition) is 7. The van der Waals surface area contributed by atoms with Crippen LogP contribution in [0.5, 0.6) is 5.75 Å². The largest absolute Gasteiger partial charge is 0.491 e. The standard InChI is InChI=1S/C25H35N3O6/c1-16-21(32-5)14-28(3)25(30)19-8-6-7-17(13-26)23(19)33-12-11-18-9-10-20(31-4)22(34-18)15-27(2)24(16)29/h6-8,16,18,20-22H,9-12,14-15H2,1-5H3/t16-,18-,20+,21+,22-/m1/s1. The summed E-state index contributed by atoms with van der Waals surface area (Å²) >= 11 is 0. The predicted octanol–water partition coefficient (Wildman–Crippen LogP) is 2.08. The number of ether oxygens (including phenoxy) is 4. The zero-order valence-electron chi connectivity index (χ0n) is 20.7. The molecule has 2 aliphatic heterocycles. The average Bonchev–Trinajstić information content (AvgIpc) is 2.85. The summed E-state index contributed by atoms with van der Waals surface area (Å²) in [6.45, 7) is 2.70. The Hall–Kier alpha value is -2.67. The average molecular weight is 474 g/mol. The summed E-state index contributed by atoms with van der Waals surface area (Å²) in [5.74, 6) is -0.601. The van der Waals surface area contributed by atoms with Gasteiger partial charge in [-0.25, -0.2) is 0 Å². The number of carbonyl (C=O) groups excluding carboxylic acids is 2.